The van der Waals surface area contributed by atoms with E-state index in [1.165, 1.54) is 17.7 Å². The Kier molecular flexibility index (Phi) is 3.32. The Morgan fingerprint density at radius 2 is 2.24 bits per heavy atom. The van der Waals surface area contributed by atoms with Crippen LogP contribution in [0.15, 0.2) is 14.7 Å². The normalized spacial score (nSPS) is 15.4. The lowest BCUT2D eigenvalue weighted by Crippen LogP contribution is -1.99. The Morgan fingerprint density at radius 1 is 1.41 bits per heavy atom. The first-order chi connectivity index (χ1) is 8.20. The van der Waals surface area contributed by atoms with Crippen molar-refractivity contribution in [1.29, 1.82) is 0 Å². The highest BCUT2D eigenvalue weighted by Gasteiger charge is 2.22. The molecule has 0 aromatic carbocycles. The van der Waals surface area contributed by atoms with E-state index in [1.54, 1.807) is 11.3 Å². The molecule has 1 fully saturated rings. The Labute approximate surface area is 120 Å². The van der Waals surface area contributed by atoms with E-state index in [0.717, 1.165) is 33.1 Å². The van der Waals surface area contributed by atoms with Gasteiger partial charge in [0.2, 0.25) is 0 Å². The zero-order valence-corrected chi connectivity index (χ0v) is 12.9. The second-order valence-electron chi connectivity index (χ2n) is 4.23. The molecule has 17 heavy (non-hydrogen) atoms. The molecule has 0 aliphatic heterocycles. The molecule has 4 nitrogen and oxygen atoms in total. The van der Waals surface area contributed by atoms with Gasteiger partial charge in [-0.05, 0) is 50.6 Å². The lowest BCUT2D eigenvalue weighted by atomic mass is 10.3. The molecule has 1 aliphatic rings. The molecule has 2 heterocycles. The third kappa shape index (κ3) is 2.95. The van der Waals surface area contributed by atoms with Crippen molar-refractivity contribution >= 4 is 43.2 Å². The van der Waals surface area contributed by atoms with Crippen molar-refractivity contribution < 1.29 is 0 Å². The molecule has 0 radical (unpaired) electrons. The molecular weight excluding hydrogens is 368 g/mol. The molecule has 0 bridgehead atoms. The fraction of sp³-hybridized carbons (Fsp3) is 0.500. The molecule has 0 amide bonds. The molecule has 0 unspecified atom stereocenters. The molecule has 7 heteroatoms. The maximum Gasteiger partial charge on any atom is 0.160 e. The van der Waals surface area contributed by atoms with Crippen LogP contribution in [0.25, 0.3) is 0 Å². The van der Waals surface area contributed by atoms with Gasteiger partial charge in [0.15, 0.2) is 3.92 Å². The smallest absolute Gasteiger partial charge is 0.160 e. The highest BCUT2D eigenvalue weighted by molar-refractivity contribution is 9.11. The van der Waals surface area contributed by atoms with Crippen LogP contribution in [-0.2, 0) is 13.0 Å². The maximum absolute atomic E-state index is 4.27. The first kappa shape index (κ1) is 11.8. The second kappa shape index (κ2) is 4.78. The summed E-state index contributed by atoms with van der Waals surface area (Å²) in [7, 11) is 0. The lowest BCUT2D eigenvalue weighted by molar-refractivity contribution is 0.544. The third-order valence-electron chi connectivity index (χ3n) is 2.69. The van der Waals surface area contributed by atoms with Gasteiger partial charge in [0.1, 0.15) is 4.60 Å². The molecule has 2 aromatic rings. The highest BCUT2D eigenvalue weighted by Crippen LogP contribution is 2.31. The summed E-state index contributed by atoms with van der Waals surface area (Å²) in [6.07, 6.45) is 5.50. The van der Waals surface area contributed by atoms with Crippen molar-refractivity contribution in [1.82, 2.24) is 20.0 Å². The average molecular weight is 378 g/mol. The van der Waals surface area contributed by atoms with E-state index in [9.17, 15) is 0 Å². The molecule has 90 valence electrons. The summed E-state index contributed by atoms with van der Waals surface area (Å²) in [4.78, 5) is 5.45. The van der Waals surface area contributed by atoms with Crippen molar-refractivity contribution in [3.05, 3.63) is 25.3 Å². The summed E-state index contributed by atoms with van der Waals surface area (Å²) >= 11 is 8.45. The number of hydrogen-bond acceptors (Lipinski definition) is 4. The zero-order valence-electron chi connectivity index (χ0n) is 8.94. The van der Waals surface area contributed by atoms with E-state index in [4.69, 9.17) is 0 Å². The molecular formula is C10H10Br2N4S. The monoisotopic (exact) mass is 376 g/mol. The predicted molar refractivity (Wildman–Crippen MR) is 73.1 cm³/mol. The summed E-state index contributed by atoms with van der Waals surface area (Å²) in [5, 5.41) is 8.35. The van der Waals surface area contributed by atoms with Gasteiger partial charge in [-0.15, -0.1) is 16.4 Å². The van der Waals surface area contributed by atoms with Crippen LogP contribution in [0.1, 0.15) is 23.4 Å². The van der Waals surface area contributed by atoms with Crippen molar-refractivity contribution in [2.45, 2.75) is 25.8 Å². The van der Waals surface area contributed by atoms with Crippen molar-refractivity contribution in [3.63, 3.8) is 0 Å². The number of thiazole rings is 1. The van der Waals surface area contributed by atoms with Crippen LogP contribution in [0.4, 0.5) is 0 Å². The van der Waals surface area contributed by atoms with Crippen LogP contribution < -0.4 is 0 Å². The van der Waals surface area contributed by atoms with Crippen LogP contribution in [0.5, 0.6) is 0 Å². The average Bonchev–Trinajstić information content (AvgIpc) is 2.88. The van der Waals surface area contributed by atoms with E-state index in [-0.39, 0.29) is 0 Å². The minimum atomic E-state index is 0.786. The summed E-state index contributed by atoms with van der Waals surface area (Å²) in [5.41, 5.74) is 1.00. The van der Waals surface area contributed by atoms with Gasteiger partial charge in [0, 0.05) is 24.0 Å². The standard InChI is InChI=1S/C10H10Br2N4S/c11-9-8(17-10(12)13-9)3-7-5-16(15-14-7)4-6-1-2-6/h5-6H,1-4H2. The van der Waals surface area contributed by atoms with E-state index in [0.29, 0.717) is 0 Å². The van der Waals surface area contributed by atoms with Gasteiger partial charge >= 0.3 is 0 Å². The van der Waals surface area contributed by atoms with E-state index in [2.05, 4.69) is 47.2 Å². The van der Waals surface area contributed by atoms with Crippen LogP contribution in [0.2, 0.25) is 0 Å². The van der Waals surface area contributed by atoms with Crippen molar-refractivity contribution in [3.8, 4) is 0 Å². The third-order valence-corrected chi connectivity index (χ3v) is 5.12. The first-order valence-electron chi connectivity index (χ1n) is 5.40. The number of rotatable bonds is 4. The van der Waals surface area contributed by atoms with Crippen LogP contribution in [0, 0.1) is 5.92 Å². The van der Waals surface area contributed by atoms with Crippen molar-refractivity contribution in [2.24, 2.45) is 5.92 Å². The Bertz CT molecular complexity index is 532. The van der Waals surface area contributed by atoms with Crippen LogP contribution in [0.3, 0.4) is 0 Å². The number of nitrogens with zero attached hydrogens (tertiary/aromatic N) is 4. The Hall–Kier alpha value is -0.270. The van der Waals surface area contributed by atoms with Gasteiger partial charge in [-0.25, -0.2) is 4.98 Å². The Balaban J connectivity index is 1.71. The molecule has 0 spiro atoms. The highest BCUT2D eigenvalue weighted by atomic mass is 79.9. The molecule has 0 saturated heterocycles. The summed E-state index contributed by atoms with van der Waals surface area (Å²) in [5.74, 6) is 0.828. The van der Waals surface area contributed by atoms with Gasteiger partial charge in [-0.2, -0.15) is 0 Å². The first-order valence-corrected chi connectivity index (χ1v) is 7.80. The zero-order chi connectivity index (χ0) is 11.8. The maximum atomic E-state index is 4.27. The largest absolute Gasteiger partial charge is 0.252 e. The van der Waals surface area contributed by atoms with E-state index >= 15 is 0 Å². The predicted octanol–water partition coefficient (Wildman–Crippen LogP) is 3.26. The van der Waals surface area contributed by atoms with Gasteiger partial charge < -0.3 is 0 Å². The van der Waals surface area contributed by atoms with Gasteiger partial charge in [0.25, 0.3) is 0 Å². The van der Waals surface area contributed by atoms with Crippen molar-refractivity contribution in [2.75, 3.05) is 0 Å². The summed E-state index contributed by atoms with van der Waals surface area (Å²) in [6.45, 7) is 1.01. The minimum Gasteiger partial charge on any atom is -0.252 e. The number of halogens is 2. The molecule has 1 aliphatic carbocycles. The van der Waals surface area contributed by atoms with E-state index in [1.807, 2.05) is 10.9 Å². The molecule has 0 N–H and O–H groups in total. The molecule has 2 aromatic heterocycles. The molecule has 3 rings (SSSR count). The SMILES string of the molecule is Brc1nc(Br)c(Cc2cn(CC3CC3)nn2)s1. The van der Waals surface area contributed by atoms with Crippen LogP contribution >= 0.6 is 43.2 Å². The van der Waals surface area contributed by atoms with Gasteiger partial charge in [-0.1, -0.05) is 5.21 Å². The van der Waals surface area contributed by atoms with E-state index < -0.39 is 0 Å². The fourth-order valence-electron chi connectivity index (χ4n) is 1.65. The topological polar surface area (TPSA) is 43.6 Å². The minimum absolute atomic E-state index is 0.786. The second-order valence-corrected chi connectivity index (χ2v) is 7.34. The number of hydrogen-bond donors (Lipinski definition) is 0. The van der Waals surface area contributed by atoms with Gasteiger partial charge in [-0.3, -0.25) is 4.68 Å². The molecule has 1 saturated carbocycles. The summed E-state index contributed by atoms with van der Waals surface area (Å²) < 4.78 is 3.74. The fourth-order valence-corrected chi connectivity index (χ4v) is 4.02. The van der Waals surface area contributed by atoms with Gasteiger partial charge in [0.05, 0.1) is 5.69 Å². The quantitative estimate of drug-likeness (QED) is 0.821. The summed E-state index contributed by atoms with van der Waals surface area (Å²) in [6, 6.07) is 0. The number of aromatic nitrogens is 4. The molecule has 0 atom stereocenters. The Morgan fingerprint density at radius 3 is 2.88 bits per heavy atom. The lowest BCUT2D eigenvalue weighted by Gasteiger charge is -1.94. The van der Waals surface area contributed by atoms with Crippen LogP contribution in [-0.4, -0.2) is 20.0 Å².